The number of urea groups is 1. The normalized spacial score (nSPS) is 11.4. The number of nitrogens with one attached hydrogen (secondary N) is 2. The third kappa shape index (κ3) is 4.57. The van der Waals surface area contributed by atoms with Crippen molar-refractivity contribution in [3.63, 3.8) is 0 Å². The highest BCUT2D eigenvalue weighted by atomic mass is 16.5. The number of hydrogen-bond acceptors (Lipinski definition) is 3. The minimum Gasteiger partial charge on any atom is -0.455 e. The van der Waals surface area contributed by atoms with Crippen molar-refractivity contribution in [2.45, 2.75) is 13.0 Å². The quantitative estimate of drug-likeness (QED) is 0.708. The molecule has 126 valence electrons. The Morgan fingerprint density at radius 1 is 0.960 bits per heavy atom. The number of carbonyl (C=O) groups is 1. The Bertz CT molecular complexity index is 823. The number of ether oxygens (including phenoxy) is 1. The zero-order valence-electron chi connectivity index (χ0n) is 13.8. The lowest BCUT2D eigenvalue weighted by Crippen LogP contribution is -2.31. The molecule has 3 rings (SSSR count). The molecule has 0 saturated carbocycles. The molecule has 5 nitrogen and oxygen atoms in total. The maximum atomic E-state index is 12.3. The standard InChI is InChI=1S/C20H19N3O2/c1-15(16-11-13-21-14-12-16)22-20(24)23-18-9-5-6-10-19(18)25-17-7-3-2-4-8-17/h2-15H,1H3,(H2,22,23,24). The predicted octanol–water partition coefficient (Wildman–Crippen LogP) is 4.76. The van der Waals surface area contributed by atoms with Gasteiger partial charge in [0.15, 0.2) is 5.75 Å². The van der Waals surface area contributed by atoms with Crippen LogP contribution in [0.15, 0.2) is 79.1 Å². The molecule has 0 saturated heterocycles. The molecule has 0 aliphatic heterocycles. The number of amides is 2. The first-order valence-corrected chi connectivity index (χ1v) is 8.02. The van der Waals surface area contributed by atoms with Gasteiger partial charge in [0.1, 0.15) is 5.75 Å². The Balaban J connectivity index is 1.67. The fourth-order valence-corrected chi connectivity index (χ4v) is 2.36. The van der Waals surface area contributed by atoms with E-state index < -0.39 is 0 Å². The third-order valence-electron chi connectivity index (χ3n) is 3.66. The van der Waals surface area contributed by atoms with Gasteiger partial charge in [-0.1, -0.05) is 30.3 Å². The first kappa shape index (κ1) is 16.5. The van der Waals surface area contributed by atoms with Crippen LogP contribution in [-0.2, 0) is 0 Å². The second kappa shape index (κ2) is 7.97. The van der Waals surface area contributed by atoms with Crippen LogP contribution < -0.4 is 15.4 Å². The van der Waals surface area contributed by atoms with Gasteiger partial charge in [0, 0.05) is 12.4 Å². The molecular formula is C20H19N3O2. The molecule has 0 radical (unpaired) electrons. The molecule has 2 amide bonds. The number of para-hydroxylation sites is 3. The molecule has 1 unspecified atom stereocenters. The van der Waals surface area contributed by atoms with Crippen molar-refractivity contribution < 1.29 is 9.53 Å². The van der Waals surface area contributed by atoms with Gasteiger partial charge in [-0.05, 0) is 48.9 Å². The maximum Gasteiger partial charge on any atom is 0.319 e. The van der Waals surface area contributed by atoms with Gasteiger partial charge in [0.2, 0.25) is 0 Å². The van der Waals surface area contributed by atoms with Crippen LogP contribution in [0.4, 0.5) is 10.5 Å². The topological polar surface area (TPSA) is 63.2 Å². The second-order valence-corrected chi connectivity index (χ2v) is 5.51. The number of carbonyl (C=O) groups excluding carboxylic acids is 1. The fourth-order valence-electron chi connectivity index (χ4n) is 2.36. The Hall–Kier alpha value is -3.34. The summed E-state index contributed by atoms with van der Waals surface area (Å²) < 4.78 is 5.85. The number of pyridine rings is 1. The molecule has 3 aromatic rings. The number of hydrogen-bond donors (Lipinski definition) is 2. The van der Waals surface area contributed by atoms with E-state index in [9.17, 15) is 4.79 Å². The molecular weight excluding hydrogens is 314 g/mol. The van der Waals surface area contributed by atoms with Crippen molar-refractivity contribution in [2.75, 3.05) is 5.32 Å². The highest BCUT2D eigenvalue weighted by molar-refractivity contribution is 5.91. The van der Waals surface area contributed by atoms with Gasteiger partial charge in [-0.3, -0.25) is 4.98 Å². The Labute approximate surface area is 146 Å². The minimum absolute atomic E-state index is 0.134. The van der Waals surface area contributed by atoms with Crippen molar-refractivity contribution in [3.8, 4) is 11.5 Å². The van der Waals surface area contributed by atoms with E-state index >= 15 is 0 Å². The SMILES string of the molecule is CC(NC(=O)Nc1ccccc1Oc1ccccc1)c1ccncc1. The monoisotopic (exact) mass is 333 g/mol. The van der Waals surface area contributed by atoms with Gasteiger partial charge in [-0.25, -0.2) is 4.79 Å². The van der Waals surface area contributed by atoms with Gasteiger partial charge >= 0.3 is 6.03 Å². The summed E-state index contributed by atoms with van der Waals surface area (Å²) in [6, 6.07) is 20.1. The third-order valence-corrected chi connectivity index (χ3v) is 3.66. The van der Waals surface area contributed by atoms with E-state index in [0.717, 1.165) is 5.56 Å². The summed E-state index contributed by atoms with van der Waals surface area (Å²) in [5.74, 6) is 1.29. The highest BCUT2D eigenvalue weighted by Crippen LogP contribution is 2.29. The largest absolute Gasteiger partial charge is 0.455 e. The van der Waals surface area contributed by atoms with E-state index in [1.54, 1.807) is 18.5 Å². The van der Waals surface area contributed by atoms with Crippen LogP contribution in [0.1, 0.15) is 18.5 Å². The van der Waals surface area contributed by atoms with Crippen LogP contribution in [0.2, 0.25) is 0 Å². The average Bonchev–Trinajstić information content (AvgIpc) is 2.65. The number of aromatic nitrogens is 1. The van der Waals surface area contributed by atoms with Gasteiger partial charge in [0.05, 0.1) is 11.7 Å². The molecule has 25 heavy (non-hydrogen) atoms. The van der Waals surface area contributed by atoms with Crippen LogP contribution in [0.3, 0.4) is 0 Å². The molecule has 0 spiro atoms. The van der Waals surface area contributed by atoms with Crippen molar-refractivity contribution >= 4 is 11.7 Å². The van der Waals surface area contributed by atoms with Gasteiger partial charge in [0.25, 0.3) is 0 Å². The van der Waals surface area contributed by atoms with Crippen molar-refractivity contribution in [1.82, 2.24) is 10.3 Å². The lowest BCUT2D eigenvalue weighted by atomic mass is 10.1. The van der Waals surface area contributed by atoms with Crippen molar-refractivity contribution in [1.29, 1.82) is 0 Å². The summed E-state index contributed by atoms with van der Waals surface area (Å²) in [4.78, 5) is 16.3. The van der Waals surface area contributed by atoms with E-state index in [1.807, 2.05) is 67.6 Å². The van der Waals surface area contributed by atoms with E-state index in [0.29, 0.717) is 17.2 Å². The summed E-state index contributed by atoms with van der Waals surface area (Å²) in [6.07, 6.45) is 3.41. The lowest BCUT2D eigenvalue weighted by molar-refractivity contribution is 0.249. The number of anilines is 1. The van der Waals surface area contributed by atoms with Crippen molar-refractivity contribution in [2.24, 2.45) is 0 Å². The minimum atomic E-state index is -0.298. The fraction of sp³-hybridized carbons (Fsp3) is 0.100. The summed E-state index contributed by atoms with van der Waals surface area (Å²) in [5, 5.41) is 5.74. The molecule has 0 bridgehead atoms. The lowest BCUT2D eigenvalue weighted by Gasteiger charge is -2.16. The van der Waals surface area contributed by atoms with E-state index in [4.69, 9.17) is 4.74 Å². The molecule has 2 aromatic carbocycles. The Morgan fingerprint density at radius 2 is 1.64 bits per heavy atom. The molecule has 0 aliphatic rings. The Morgan fingerprint density at radius 3 is 2.40 bits per heavy atom. The first-order valence-electron chi connectivity index (χ1n) is 8.02. The van der Waals surface area contributed by atoms with Gasteiger partial charge in [-0.2, -0.15) is 0 Å². The average molecular weight is 333 g/mol. The van der Waals surface area contributed by atoms with Crippen LogP contribution >= 0.6 is 0 Å². The summed E-state index contributed by atoms with van der Waals surface area (Å²) >= 11 is 0. The zero-order chi connectivity index (χ0) is 17.5. The molecule has 1 atom stereocenters. The van der Waals surface area contributed by atoms with E-state index in [-0.39, 0.29) is 12.1 Å². The van der Waals surface area contributed by atoms with Crippen LogP contribution in [0.25, 0.3) is 0 Å². The molecule has 1 aromatic heterocycles. The predicted molar refractivity (Wildman–Crippen MR) is 97.8 cm³/mol. The summed E-state index contributed by atoms with van der Waals surface area (Å²) in [6.45, 7) is 1.92. The van der Waals surface area contributed by atoms with Crippen LogP contribution in [0.5, 0.6) is 11.5 Å². The van der Waals surface area contributed by atoms with Crippen molar-refractivity contribution in [3.05, 3.63) is 84.7 Å². The maximum absolute atomic E-state index is 12.3. The second-order valence-electron chi connectivity index (χ2n) is 5.51. The van der Waals surface area contributed by atoms with Crippen LogP contribution in [-0.4, -0.2) is 11.0 Å². The number of nitrogens with zero attached hydrogens (tertiary/aromatic N) is 1. The van der Waals surface area contributed by atoms with Gasteiger partial charge in [-0.15, -0.1) is 0 Å². The van der Waals surface area contributed by atoms with E-state index in [1.165, 1.54) is 0 Å². The molecule has 5 heteroatoms. The zero-order valence-corrected chi connectivity index (χ0v) is 13.8. The summed E-state index contributed by atoms with van der Waals surface area (Å²) in [7, 11) is 0. The first-order chi connectivity index (χ1) is 12.2. The Kier molecular flexibility index (Phi) is 5.26. The molecule has 1 heterocycles. The molecule has 0 aliphatic carbocycles. The summed E-state index contributed by atoms with van der Waals surface area (Å²) in [5.41, 5.74) is 1.59. The smallest absolute Gasteiger partial charge is 0.319 e. The number of rotatable bonds is 5. The highest BCUT2D eigenvalue weighted by Gasteiger charge is 2.12. The van der Waals surface area contributed by atoms with E-state index in [2.05, 4.69) is 15.6 Å². The molecule has 2 N–H and O–H groups in total. The van der Waals surface area contributed by atoms with Crippen LogP contribution in [0, 0.1) is 0 Å². The number of benzene rings is 2. The molecule has 0 fully saturated rings. The van der Waals surface area contributed by atoms with Gasteiger partial charge < -0.3 is 15.4 Å².